The molecule has 5 heteroatoms. The van der Waals surface area contributed by atoms with Gasteiger partial charge in [-0.1, -0.05) is 35.9 Å². The van der Waals surface area contributed by atoms with E-state index in [0.29, 0.717) is 25.7 Å². The molecule has 0 radical (unpaired) electrons. The van der Waals surface area contributed by atoms with Crippen LogP contribution in [0.25, 0.3) is 31.1 Å². The molecule has 4 aromatic rings. The zero-order valence-electron chi connectivity index (χ0n) is 10.6. The molecule has 0 bridgehead atoms. The minimum absolute atomic E-state index is 0.209. The van der Waals surface area contributed by atoms with Crippen molar-refractivity contribution in [2.24, 2.45) is 0 Å². The van der Waals surface area contributed by atoms with Crippen molar-refractivity contribution in [3.63, 3.8) is 0 Å². The molecule has 0 amide bonds. The minimum atomic E-state index is -0.416. The van der Waals surface area contributed by atoms with Gasteiger partial charge in [0, 0.05) is 10.8 Å². The fourth-order valence-corrected chi connectivity index (χ4v) is 3.89. The van der Waals surface area contributed by atoms with Gasteiger partial charge >= 0.3 is 0 Å². The molecule has 0 spiro atoms. The molecule has 0 aliphatic heterocycles. The standard InChI is InChI=1S/C16H7ClFNOS/c17-16-15-12(8-4-1-2-7-11(8)19-16)13(20)9-5-3-6-10(18)14(9)21-15/h1-7H. The molecule has 0 N–H and O–H groups in total. The number of aromatic nitrogens is 1. The van der Waals surface area contributed by atoms with E-state index in [4.69, 9.17) is 11.6 Å². The zero-order valence-corrected chi connectivity index (χ0v) is 12.1. The fourth-order valence-electron chi connectivity index (χ4n) is 2.51. The van der Waals surface area contributed by atoms with Gasteiger partial charge in [-0.3, -0.25) is 4.79 Å². The number of pyridine rings is 1. The zero-order chi connectivity index (χ0) is 14.6. The Morgan fingerprint density at radius 1 is 1.00 bits per heavy atom. The smallest absolute Gasteiger partial charge is 0.196 e. The highest BCUT2D eigenvalue weighted by Crippen LogP contribution is 2.34. The average Bonchev–Trinajstić information content (AvgIpc) is 2.49. The molecule has 0 unspecified atom stereocenters. The van der Waals surface area contributed by atoms with E-state index in [0.717, 1.165) is 16.7 Å². The quantitative estimate of drug-likeness (QED) is 0.266. The first-order valence-corrected chi connectivity index (χ1v) is 7.45. The van der Waals surface area contributed by atoms with Crippen LogP contribution in [0.1, 0.15) is 0 Å². The van der Waals surface area contributed by atoms with E-state index < -0.39 is 5.82 Å². The van der Waals surface area contributed by atoms with Crippen LogP contribution in [0, 0.1) is 5.82 Å². The molecule has 0 saturated carbocycles. The Labute approximate surface area is 127 Å². The Bertz CT molecular complexity index is 1090. The van der Waals surface area contributed by atoms with Crippen LogP contribution in [0.2, 0.25) is 5.15 Å². The second-order valence-corrected chi connectivity index (χ2v) is 6.05. The maximum absolute atomic E-state index is 13.9. The van der Waals surface area contributed by atoms with Crippen LogP contribution in [0.5, 0.6) is 0 Å². The molecule has 4 rings (SSSR count). The summed E-state index contributed by atoms with van der Waals surface area (Å²) in [7, 11) is 0. The monoisotopic (exact) mass is 315 g/mol. The maximum atomic E-state index is 13.9. The van der Waals surface area contributed by atoms with Gasteiger partial charge in [-0.05, 0) is 18.2 Å². The van der Waals surface area contributed by atoms with E-state index in [9.17, 15) is 9.18 Å². The molecule has 2 aromatic heterocycles. The van der Waals surface area contributed by atoms with E-state index in [1.807, 2.05) is 18.2 Å². The number of fused-ring (bicyclic) bond motifs is 4. The van der Waals surface area contributed by atoms with Crippen LogP contribution in [0.15, 0.2) is 47.3 Å². The van der Waals surface area contributed by atoms with Crippen LogP contribution in [0.4, 0.5) is 4.39 Å². The highest BCUT2D eigenvalue weighted by molar-refractivity contribution is 7.25. The van der Waals surface area contributed by atoms with Crippen molar-refractivity contribution in [1.29, 1.82) is 0 Å². The third kappa shape index (κ3) is 1.76. The van der Waals surface area contributed by atoms with Gasteiger partial charge in [0.15, 0.2) is 5.43 Å². The Morgan fingerprint density at radius 2 is 1.76 bits per heavy atom. The third-order valence-corrected chi connectivity index (χ3v) is 5.06. The Kier molecular flexibility index (Phi) is 2.71. The summed E-state index contributed by atoms with van der Waals surface area (Å²) in [5.41, 5.74) is 0.453. The van der Waals surface area contributed by atoms with Crippen molar-refractivity contribution in [1.82, 2.24) is 4.98 Å². The van der Waals surface area contributed by atoms with Crippen molar-refractivity contribution < 1.29 is 4.39 Å². The third-order valence-electron chi connectivity index (χ3n) is 3.45. The highest BCUT2D eigenvalue weighted by atomic mass is 35.5. The Balaban J connectivity index is 2.40. The van der Waals surface area contributed by atoms with Crippen LogP contribution in [0.3, 0.4) is 0 Å². The lowest BCUT2D eigenvalue weighted by Gasteiger charge is -2.06. The van der Waals surface area contributed by atoms with E-state index >= 15 is 0 Å². The molecule has 2 heterocycles. The Hall–Kier alpha value is -2.04. The normalized spacial score (nSPS) is 11.5. The number of para-hydroxylation sites is 1. The summed E-state index contributed by atoms with van der Waals surface area (Å²) in [6.07, 6.45) is 0. The summed E-state index contributed by atoms with van der Waals surface area (Å²) >= 11 is 7.36. The molecule has 0 atom stereocenters. The van der Waals surface area contributed by atoms with Crippen molar-refractivity contribution >= 4 is 54.0 Å². The van der Waals surface area contributed by atoms with Crippen LogP contribution >= 0.6 is 22.9 Å². The lowest BCUT2D eigenvalue weighted by Crippen LogP contribution is -2.03. The Morgan fingerprint density at radius 3 is 2.62 bits per heavy atom. The van der Waals surface area contributed by atoms with Gasteiger partial charge < -0.3 is 0 Å². The molecule has 0 saturated heterocycles. The fraction of sp³-hybridized carbons (Fsp3) is 0. The molecular weight excluding hydrogens is 309 g/mol. The highest BCUT2D eigenvalue weighted by Gasteiger charge is 2.15. The second kappa shape index (κ2) is 4.48. The predicted molar refractivity (Wildman–Crippen MR) is 85.9 cm³/mol. The van der Waals surface area contributed by atoms with Gasteiger partial charge in [0.2, 0.25) is 0 Å². The number of rotatable bonds is 0. The van der Waals surface area contributed by atoms with Gasteiger partial charge in [-0.25, -0.2) is 9.37 Å². The van der Waals surface area contributed by atoms with E-state index in [1.54, 1.807) is 18.2 Å². The molecule has 0 fully saturated rings. The van der Waals surface area contributed by atoms with E-state index in [2.05, 4.69) is 4.98 Å². The second-order valence-electron chi connectivity index (χ2n) is 4.67. The summed E-state index contributed by atoms with van der Waals surface area (Å²) in [4.78, 5) is 17.1. The molecule has 0 aliphatic rings. The first kappa shape index (κ1) is 12.7. The lowest BCUT2D eigenvalue weighted by molar-refractivity contribution is 0.641. The van der Waals surface area contributed by atoms with Gasteiger partial charge in [0.25, 0.3) is 0 Å². The summed E-state index contributed by atoms with van der Waals surface area (Å²) < 4.78 is 14.8. The van der Waals surface area contributed by atoms with Gasteiger partial charge in [0.05, 0.1) is 20.3 Å². The molecule has 2 aromatic carbocycles. The number of hydrogen-bond acceptors (Lipinski definition) is 3. The summed E-state index contributed by atoms with van der Waals surface area (Å²) in [6.45, 7) is 0. The van der Waals surface area contributed by atoms with E-state index in [1.165, 1.54) is 6.07 Å². The van der Waals surface area contributed by atoms with Crippen molar-refractivity contribution in [2.45, 2.75) is 0 Å². The van der Waals surface area contributed by atoms with Gasteiger partial charge in [-0.15, -0.1) is 11.3 Å². The van der Waals surface area contributed by atoms with Crippen LogP contribution in [-0.4, -0.2) is 4.98 Å². The molecule has 0 aliphatic carbocycles. The SMILES string of the molecule is O=c1c2cccc(F)c2sc2c(Cl)nc3ccccc3c12. The van der Waals surface area contributed by atoms with Crippen LogP contribution in [-0.2, 0) is 0 Å². The summed E-state index contributed by atoms with van der Waals surface area (Å²) in [5.74, 6) is -0.416. The molecule has 102 valence electrons. The number of nitrogens with zero attached hydrogens (tertiary/aromatic N) is 1. The predicted octanol–water partition coefficient (Wildman–Crippen LogP) is 4.76. The van der Waals surface area contributed by atoms with E-state index in [-0.39, 0.29) is 10.6 Å². The molecular formula is C16H7ClFNOS. The summed E-state index contributed by atoms with van der Waals surface area (Å²) in [6, 6.07) is 11.8. The largest absolute Gasteiger partial charge is 0.288 e. The van der Waals surface area contributed by atoms with Crippen molar-refractivity contribution in [3.8, 4) is 0 Å². The van der Waals surface area contributed by atoms with Crippen molar-refractivity contribution in [3.05, 3.63) is 63.7 Å². The number of halogens is 2. The first-order valence-electron chi connectivity index (χ1n) is 6.26. The minimum Gasteiger partial charge on any atom is -0.288 e. The first-order chi connectivity index (χ1) is 10.2. The molecule has 2 nitrogen and oxygen atoms in total. The van der Waals surface area contributed by atoms with Crippen molar-refractivity contribution in [2.75, 3.05) is 0 Å². The van der Waals surface area contributed by atoms with Crippen LogP contribution < -0.4 is 5.43 Å². The summed E-state index contributed by atoms with van der Waals surface area (Å²) in [5, 5.41) is 1.86. The molecule has 21 heavy (non-hydrogen) atoms. The van der Waals surface area contributed by atoms with Gasteiger partial charge in [-0.2, -0.15) is 0 Å². The number of hydrogen-bond donors (Lipinski definition) is 0. The van der Waals surface area contributed by atoms with Gasteiger partial charge in [0.1, 0.15) is 11.0 Å². The average molecular weight is 316 g/mol. The topological polar surface area (TPSA) is 30.0 Å². The maximum Gasteiger partial charge on any atom is 0.196 e. The number of benzene rings is 2. The lowest BCUT2D eigenvalue weighted by atomic mass is 10.1.